The lowest BCUT2D eigenvalue weighted by Gasteiger charge is -2.33. The van der Waals surface area contributed by atoms with E-state index in [2.05, 4.69) is 0 Å². The van der Waals surface area contributed by atoms with Crippen molar-refractivity contribution >= 4 is 17.1 Å². The Labute approximate surface area is 114 Å². The summed E-state index contributed by atoms with van der Waals surface area (Å²) < 4.78 is 38.0. The third kappa shape index (κ3) is 3.79. The Morgan fingerprint density at radius 2 is 2.21 bits per heavy atom. The molecule has 2 rings (SSSR count). The summed E-state index contributed by atoms with van der Waals surface area (Å²) in [6.07, 6.45) is -3.48. The average Bonchev–Trinajstić information content (AvgIpc) is 2.75. The molecule has 1 aromatic rings. The fourth-order valence-electron chi connectivity index (χ4n) is 2.33. The van der Waals surface area contributed by atoms with E-state index >= 15 is 0 Å². The van der Waals surface area contributed by atoms with Gasteiger partial charge in [0.05, 0.1) is 17.3 Å². The average molecular weight is 291 g/mol. The monoisotopic (exact) mass is 291 g/mol. The Bertz CT molecular complexity index is 455. The molecule has 0 radical (unpaired) electrons. The number of carbonyl (C=O) groups is 1. The molecule has 0 N–H and O–H groups in total. The van der Waals surface area contributed by atoms with E-state index < -0.39 is 12.1 Å². The number of piperidine rings is 1. The number of nitrogens with zero attached hydrogens (tertiary/aromatic N) is 1. The Balaban J connectivity index is 1.94. The zero-order valence-corrected chi connectivity index (χ0v) is 11.5. The van der Waals surface area contributed by atoms with Crippen LogP contribution in [0.4, 0.5) is 13.2 Å². The van der Waals surface area contributed by atoms with Crippen LogP contribution in [0, 0.1) is 12.8 Å². The summed E-state index contributed by atoms with van der Waals surface area (Å²) in [6, 6.07) is 3.60. The summed E-state index contributed by atoms with van der Waals surface area (Å²) in [6.45, 7) is 2.51. The summed E-state index contributed by atoms with van der Waals surface area (Å²) in [7, 11) is 0. The minimum absolute atomic E-state index is 0.0560. The van der Waals surface area contributed by atoms with Crippen LogP contribution in [0.5, 0.6) is 0 Å². The number of likely N-dealkylation sites (tertiary alicyclic amines) is 1. The molecular weight excluding hydrogens is 275 g/mol. The summed E-state index contributed by atoms with van der Waals surface area (Å²) in [5.41, 5.74) is 0. The van der Waals surface area contributed by atoms with Crippen LogP contribution < -0.4 is 0 Å². The summed E-state index contributed by atoms with van der Waals surface area (Å²) in [5.74, 6) is -1.37. The number of Topliss-reactive ketones (excluding diaryl/α,β-unsaturated/α-hetero) is 1. The van der Waals surface area contributed by atoms with E-state index in [1.54, 1.807) is 11.0 Å². The number of carbonyl (C=O) groups excluding carboxylic acids is 1. The summed E-state index contributed by atoms with van der Waals surface area (Å²) in [5, 5.41) is 0. The molecule has 0 aromatic carbocycles. The lowest BCUT2D eigenvalue weighted by molar-refractivity contribution is -0.186. The zero-order chi connectivity index (χ0) is 14.0. The maximum absolute atomic E-state index is 12.7. The van der Waals surface area contributed by atoms with E-state index in [9.17, 15) is 18.0 Å². The van der Waals surface area contributed by atoms with Crippen molar-refractivity contribution in [1.29, 1.82) is 0 Å². The number of rotatable bonds is 3. The van der Waals surface area contributed by atoms with Gasteiger partial charge in [-0.3, -0.25) is 9.69 Å². The molecule has 0 bridgehead atoms. The zero-order valence-electron chi connectivity index (χ0n) is 10.7. The highest BCUT2D eigenvalue weighted by Crippen LogP contribution is 2.33. The van der Waals surface area contributed by atoms with Crippen molar-refractivity contribution in [2.24, 2.45) is 5.92 Å². The van der Waals surface area contributed by atoms with E-state index in [1.807, 2.05) is 13.0 Å². The number of alkyl halides is 3. The molecule has 1 unspecified atom stereocenters. The van der Waals surface area contributed by atoms with E-state index in [0.29, 0.717) is 17.8 Å². The van der Waals surface area contributed by atoms with Gasteiger partial charge in [0.2, 0.25) is 0 Å². The van der Waals surface area contributed by atoms with Crippen LogP contribution in [-0.2, 0) is 0 Å². The number of hydrogen-bond donors (Lipinski definition) is 0. The topological polar surface area (TPSA) is 20.3 Å². The number of thiophene rings is 1. The van der Waals surface area contributed by atoms with Crippen molar-refractivity contribution in [1.82, 2.24) is 4.90 Å². The van der Waals surface area contributed by atoms with Crippen LogP contribution in [-0.4, -0.2) is 36.5 Å². The fourth-order valence-corrected chi connectivity index (χ4v) is 3.13. The van der Waals surface area contributed by atoms with Gasteiger partial charge in [0.25, 0.3) is 0 Å². The SMILES string of the molecule is Cc1ccc(C(=O)CN2CCCC(C(F)(F)F)C2)s1. The standard InChI is InChI=1S/C13H16F3NOS/c1-9-4-5-12(19-9)11(18)8-17-6-2-3-10(7-17)13(14,15)16/h4-5,10H,2-3,6-8H2,1H3. The molecule has 0 amide bonds. The van der Waals surface area contributed by atoms with Gasteiger partial charge in [-0.2, -0.15) is 13.2 Å². The molecule has 1 aliphatic heterocycles. The first-order chi connectivity index (χ1) is 8.86. The van der Waals surface area contributed by atoms with Gasteiger partial charge >= 0.3 is 6.18 Å². The van der Waals surface area contributed by atoms with Crippen molar-refractivity contribution in [2.75, 3.05) is 19.6 Å². The molecule has 0 spiro atoms. The van der Waals surface area contributed by atoms with Gasteiger partial charge in [-0.25, -0.2) is 0 Å². The van der Waals surface area contributed by atoms with Crippen LogP contribution in [0.2, 0.25) is 0 Å². The number of hydrogen-bond acceptors (Lipinski definition) is 3. The Morgan fingerprint density at radius 3 is 2.79 bits per heavy atom. The van der Waals surface area contributed by atoms with E-state index in [4.69, 9.17) is 0 Å². The second-order valence-corrected chi connectivity index (χ2v) is 6.24. The van der Waals surface area contributed by atoms with Crippen molar-refractivity contribution in [3.05, 3.63) is 21.9 Å². The van der Waals surface area contributed by atoms with Crippen molar-refractivity contribution in [2.45, 2.75) is 25.9 Å². The van der Waals surface area contributed by atoms with Gasteiger partial charge < -0.3 is 0 Å². The molecule has 1 atom stereocenters. The van der Waals surface area contributed by atoms with Crippen LogP contribution in [0.25, 0.3) is 0 Å². The predicted molar refractivity (Wildman–Crippen MR) is 68.6 cm³/mol. The van der Waals surface area contributed by atoms with Crippen molar-refractivity contribution < 1.29 is 18.0 Å². The quantitative estimate of drug-likeness (QED) is 0.794. The van der Waals surface area contributed by atoms with Gasteiger partial charge in [-0.15, -0.1) is 11.3 Å². The van der Waals surface area contributed by atoms with Gasteiger partial charge in [0.15, 0.2) is 5.78 Å². The molecule has 19 heavy (non-hydrogen) atoms. The normalized spacial score (nSPS) is 21.6. The van der Waals surface area contributed by atoms with Crippen LogP contribution in [0.15, 0.2) is 12.1 Å². The Morgan fingerprint density at radius 1 is 1.47 bits per heavy atom. The molecule has 106 valence electrons. The number of ketones is 1. The van der Waals surface area contributed by atoms with Gasteiger partial charge in [-0.05, 0) is 38.4 Å². The first kappa shape index (κ1) is 14.5. The third-order valence-electron chi connectivity index (χ3n) is 3.35. The number of halogens is 3. The minimum atomic E-state index is -4.15. The van der Waals surface area contributed by atoms with E-state index in [0.717, 1.165) is 4.88 Å². The molecule has 1 saturated heterocycles. The fraction of sp³-hybridized carbons (Fsp3) is 0.615. The molecule has 1 aromatic heterocycles. The van der Waals surface area contributed by atoms with Crippen LogP contribution in [0.3, 0.4) is 0 Å². The first-order valence-corrected chi connectivity index (χ1v) is 7.06. The second-order valence-electron chi connectivity index (χ2n) is 4.95. The second kappa shape index (κ2) is 5.63. The maximum atomic E-state index is 12.7. The van der Waals surface area contributed by atoms with Crippen molar-refractivity contribution in [3.8, 4) is 0 Å². The Kier molecular flexibility index (Phi) is 4.30. The minimum Gasteiger partial charge on any atom is -0.295 e. The summed E-state index contributed by atoms with van der Waals surface area (Å²) in [4.78, 5) is 15.3. The largest absolute Gasteiger partial charge is 0.393 e. The Hall–Kier alpha value is -0.880. The molecular formula is C13H16F3NOS. The van der Waals surface area contributed by atoms with E-state index in [-0.39, 0.29) is 25.3 Å². The molecule has 1 fully saturated rings. The smallest absolute Gasteiger partial charge is 0.295 e. The van der Waals surface area contributed by atoms with Gasteiger partial charge in [0, 0.05) is 11.4 Å². The molecule has 0 aliphatic carbocycles. The molecule has 0 saturated carbocycles. The van der Waals surface area contributed by atoms with E-state index in [1.165, 1.54) is 11.3 Å². The lowest BCUT2D eigenvalue weighted by atomic mass is 9.97. The van der Waals surface area contributed by atoms with Gasteiger partial charge in [0.1, 0.15) is 0 Å². The third-order valence-corrected chi connectivity index (χ3v) is 4.39. The lowest BCUT2D eigenvalue weighted by Crippen LogP contribution is -2.43. The van der Waals surface area contributed by atoms with Gasteiger partial charge in [-0.1, -0.05) is 0 Å². The highest BCUT2D eigenvalue weighted by molar-refractivity contribution is 7.14. The maximum Gasteiger partial charge on any atom is 0.393 e. The molecule has 2 heterocycles. The van der Waals surface area contributed by atoms with Crippen LogP contribution in [0.1, 0.15) is 27.4 Å². The van der Waals surface area contributed by atoms with Crippen LogP contribution >= 0.6 is 11.3 Å². The molecule has 2 nitrogen and oxygen atoms in total. The highest BCUT2D eigenvalue weighted by atomic mass is 32.1. The summed E-state index contributed by atoms with van der Waals surface area (Å²) >= 11 is 1.39. The predicted octanol–water partition coefficient (Wildman–Crippen LogP) is 3.51. The first-order valence-electron chi connectivity index (χ1n) is 6.25. The molecule has 6 heteroatoms. The number of aryl methyl sites for hydroxylation is 1. The molecule has 1 aliphatic rings. The highest BCUT2D eigenvalue weighted by Gasteiger charge is 2.41. The van der Waals surface area contributed by atoms with Crippen molar-refractivity contribution in [3.63, 3.8) is 0 Å².